The summed E-state index contributed by atoms with van der Waals surface area (Å²) in [5.41, 5.74) is 0. The lowest BCUT2D eigenvalue weighted by molar-refractivity contribution is -0.154. The van der Waals surface area contributed by atoms with Crippen molar-refractivity contribution in [2.24, 2.45) is 0 Å². The van der Waals surface area contributed by atoms with E-state index >= 15 is 0 Å². The molecule has 4 heteroatoms. The van der Waals surface area contributed by atoms with Gasteiger partial charge in [-0.25, -0.2) is 0 Å². The van der Waals surface area contributed by atoms with Gasteiger partial charge in [0.05, 0.1) is 13.2 Å². The standard InChI is InChI=1S/C53H92O4/c1-3-5-7-9-11-13-15-17-19-21-23-25-27-28-30-32-34-36-38-40-42-44-46-48-53(55)57-52(50-54)51-56-49-47-45-43-41-39-37-35-33-31-29-26-24-22-20-18-16-14-12-10-8-6-4-2/h6,8,12,14-15,17-18,20-21,23-24,26-28,52,54H,3-5,7,9-11,13,16,19,22,25,29-51H2,1-2H3/b8-6-,14-12-,17-15-,20-18-,23-21-,26-24-,28-27-. The van der Waals surface area contributed by atoms with Gasteiger partial charge in [0.25, 0.3) is 0 Å². The molecule has 4 nitrogen and oxygen atoms in total. The van der Waals surface area contributed by atoms with Gasteiger partial charge < -0.3 is 14.6 Å². The molecule has 1 N–H and O–H groups in total. The lowest BCUT2D eigenvalue weighted by Crippen LogP contribution is -2.27. The molecule has 0 rings (SSSR count). The van der Waals surface area contributed by atoms with E-state index in [1.807, 2.05) is 0 Å². The fourth-order valence-corrected chi connectivity index (χ4v) is 6.62. The van der Waals surface area contributed by atoms with Crippen LogP contribution in [0.15, 0.2) is 85.1 Å². The number of aliphatic hydroxyl groups is 1. The highest BCUT2D eigenvalue weighted by atomic mass is 16.6. The number of unbranched alkanes of at least 4 members (excludes halogenated alkanes) is 22. The molecule has 0 aliphatic rings. The van der Waals surface area contributed by atoms with Crippen LogP contribution in [0.5, 0.6) is 0 Å². The van der Waals surface area contributed by atoms with E-state index in [2.05, 4.69) is 98.9 Å². The minimum absolute atomic E-state index is 0.181. The predicted octanol–water partition coefficient (Wildman–Crippen LogP) is 16.3. The van der Waals surface area contributed by atoms with Crippen LogP contribution in [0.2, 0.25) is 0 Å². The number of allylic oxidation sites excluding steroid dienone is 14. The van der Waals surface area contributed by atoms with Gasteiger partial charge >= 0.3 is 5.97 Å². The first-order valence-corrected chi connectivity index (χ1v) is 24.2. The number of aliphatic hydroxyl groups excluding tert-OH is 1. The number of ether oxygens (including phenoxy) is 2. The van der Waals surface area contributed by atoms with Crippen LogP contribution in [0.25, 0.3) is 0 Å². The highest BCUT2D eigenvalue weighted by Crippen LogP contribution is 2.13. The van der Waals surface area contributed by atoms with Gasteiger partial charge in [-0.05, 0) is 89.9 Å². The molecule has 0 saturated carbocycles. The van der Waals surface area contributed by atoms with E-state index in [1.165, 1.54) is 141 Å². The minimum Gasteiger partial charge on any atom is -0.457 e. The quantitative estimate of drug-likeness (QED) is 0.0379. The Balaban J connectivity index is 3.48. The lowest BCUT2D eigenvalue weighted by atomic mass is 10.1. The second-order valence-corrected chi connectivity index (χ2v) is 15.8. The summed E-state index contributed by atoms with van der Waals surface area (Å²) in [4.78, 5) is 12.3. The van der Waals surface area contributed by atoms with Crippen molar-refractivity contribution in [3.05, 3.63) is 85.1 Å². The molecule has 0 radical (unpaired) electrons. The van der Waals surface area contributed by atoms with Crippen molar-refractivity contribution in [3.63, 3.8) is 0 Å². The first kappa shape index (κ1) is 54.6. The number of hydrogen-bond donors (Lipinski definition) is 1. The van der Waals surface area contributed by atoms with Crippen molar-refractivity contribution < 1.29 is 19.4 Å². The van der Waals surface area contributed by atoms with Crippen LogP contribution in [-0.2, 0) is 14.3 Å². The molecule has 0 fully saturated rings. The number of carbonyl (C=O) groups excluding carboxylic acids is 1. The second-order valence-electron chi connectivity index (χ2n) is 15.8. The average molecular weight is 793 g/mol. The zero-order valence-electron chi connectivity index (χ0n) is 37.6. The maximum absolute atomic E-state index is 12.3. The van der Waals surface area contributed by atoms with Gasteiger partial charge in [-0.3, -0.25) is 4.79 Å². The van der Waals surface area contributed by atoms with Gasteiger partial charge in [0.2, 0.25) is 0 Å². The number of hydrogen-bond acceptors (Lipinski definition) is 4. The van der Waals surface area contributed by atoms with Gasteiger partial charge in [0.15, 0.2) is 0 Å². The Morgan fingerprint density at radius 2 is 0.789 bits per heavy atom. The van der Waals surface area contributed by atoms with Crippen molar-refractivity contribution in [3.8, 4) is 0 Å². The van der Waals surface area contributed by atoms with E-state index in [0.29, 0.717) is 13.0 Å². The zero-order valence-corrected chi connectivity index (χ0v) is 37.6. The fraction of sp³-hybridized carbons (Fsp3) is 0.717. The molecule has 0 spiro atoms. The van der Waals surface area contributed by atoms with Gasteiger partial charge in [0, 0.05) is 13.0 Å². The van der Waals surface area contributed by atoms with E-state index in [-0.39, 0.29) is 19.2 Å². The summed E-state index contributed by atoms with van der Waals surface area (Å²) in [5, 5.41) is 9.64. The third-order valence-corrected chi connectivity index (χ3v) is 10.2. The SMILES string of the molecule is CC/C=C\C/C=C\C/C=C\C/C=C\CCCCCCCCCCCOCC(CO)OC(=O)CCCCCCCCCC/C=C\C/C=C\C/C=C\CCCCCCC. The second kappa shape index (κ2) is 49.7. The maximum Gasteiger partial charge on any atom is 0.306 e. The summed E-state index contributed by atoms with van der Waals surface area (Å²) in [6.07, 6.45) is 69.4. The molecule has 0 amide bonds. The van der Waals surface area contributed by atoms with Crippen LogP contribution >= 0.6 is 0 Å². The molecule has 1 atom stereocenters. The van der Waals surface area contributed by atoms with Gasteiger partial charge in [0.1, 0.15) is 6.10 Å². The monoisotopic (exact) mass is 793 g/mol. The fourth-order valence-electron chi connectivity index (χ4n) is 6.62. The largest absolute Gasteiger partial charge is 0.457 e. The lowest BCUT2D eigenvalue weighted by Gasteiger charge is -2.16. The Labute approximate surface area is 354 Å². The van der Waals surface area contributed by atoms with Gasteiger partial charge in [-0.15, -0.1) is 0 Å². The van der Waals surface area contributed by atoms with E-state index < -0.39 is 6.10 Å². The Morgan fingerprint density at radius 1 is 0.439 bits per heavy atom. The maximum atomic E-state index is 12.3. The van der Waals surface area contributed by atoms with Crippen LogP contribution in [-0.4, -0.2) is 37.0 Å². The Hall–Kier alpha value is -2.43. The molecule has 0 aromatic heterocycles. The summed E-state index contributed by atoms with van der Waals surface area (Å²) in [6.45, 7) is 5.20. The highest BCUT2D eigenvalue weighted by Gasteiger charge is 2.13. The van der Waals surface area contributed by atoms with Crippen LogP contribution in [0.4, 0.5) is 0 Å². The highest BCUT2D eigenvalue weighted by molar-refractivity contribution is 5.69. The van der Waals surface area contributed by atoms with Crippen molar-refractivity contribution in [1.29, 1.82) is 0 Å². The van der Waals surface area contributed by atoms with E-state index in [4.69, 9.17) is 9.47 Å². The minimum atomic E-state index is -0.548. The van der Waals surface area contributed by atoms with E-state index in [9.17, 15) is 9.90 Å². The first-order valence-electron chi connectivity index (χ1n) is 24.2. The molecular formula is C53H92O4. The number of carbonyl (C=O) groups is 1. The molecule has 0 aliphatic heterocycles. The predicted molar refractivity (Wildman–Crippen MR) is 251 cm³/mol. The van der Waals surface area contributed by atoms with Gasteiger partial charge in [-0.2, -0.15) is 0 Å². The molecule has 57 heavy (non-hydrogen) atoms. The van der Waals surface area contributed by atoms with E-state index in [1.54, 1.807) is 0 Å². The van der Waals surface area contributed by atoms with Crippen molar-refractivity contribution in [2.45, 2.75) is 225 Å². The summed E-state index contributed by atoms with van der Waals surface area (Å²) >= 11 is 0. The molecule has 0 aliphatic carbocycles. The van der Waals surface area contributed by atoms with Crippen LogP contribution in [0, 0.1) is 0 Å². The molecule has 0 aromatic carbocycles. The summed E-state index contributed by atoms with van der Waals surface area (Å²) in [7, 11) is 0. The molecule has 0 aromatic rings. The molecular weight excluding hydrogens is 701 g/mol. The van der Waals surface area contributed by atoms with Crippen molar-refractivity contribution in [2.75, 3.05) is 19.8 Å². The molecule has 0 bridgehead atoms. The molecule has 1 unspecified atom stereocenters. The smallest absolute Gasteiger partial charge is 0.306 e. The molecule has 0 saturated heterocycles. The topological polar surface area (TPSA) is 55.8 Å². The van der Waals surface area contributed by atoms with Crippen molar-refractivity contribution in [1.82, 2.24) is 0 Å². The molecule has 0 heterocycles. The summed E-state index contributed by atoms with van der Waals surface area (Å²) in [6, 6.07) is 0. The average Bonchev–Trinajstić information content (AvgIpc) is 3.22. The van der Waals surface area contributed by atoms with Gasteiger partial charge in [-0.1, -0.05) is 208 Å². The van der Waals surface area contributed by atoms with E-state index in [0.717, 1.165) is 57.8 Å². The van der Waals surface area contributed by atoms with Crippen LogP contribution < -0.4 is 0 Å². The normalized spacial score (nSPS) is 13.1. The Morgan fingerprint density at radius 3 is 1.19 bits per heavy atom. The third-order valence-electron chi connectivity index (χ3n) is 10.2. The third kappa shape index (κ3) is 47.8. The first-order chi connectivity index (χ1) is 28.2. The van der Waals surface area contributed by atoms with Crippen molar-refractivity contribution >= 4 is 5.97 Å². The Bertz CT molecular complexity index is 1020. The Kier molecular flexibility index (Phi) is 47.6. The van der Waals surface area contributed by atoms with Crippen LogP contribution in [0.1, 0.15) is 219 Å². The summed E-state index contributed by atoms with van der Waals surface area (Å²) < 4.78 is 11.2. The zero-order chi connectivity index (χ0) is 41.2. The number of rotatable bonds is 44. The molecule has 328 valence electrons. The summed E-state index contributed by atoms with van der Waals surface area (Å²) in [5.74, 6) is -0.212. The number of esters is 1. The van der Waals surface area contributed by atoms with Crippen LogP contribution in [0.3, 0.4) is 0 Å².